The molecule has 0 aliphatic heterocycles. The Morgan fingerprint density at radius 1 is 1.33 bits per heavy atom. The Labute approximate surface area is 175 Å². The highest BCUT2D eigenvalue weighted by atomic mass is 31.0. The van der Waals surface area contributed by atoms with Gasteiger partial charge in [-0.25, -0.2) is 24.3 Å². The highest BCUT2D eigenvalue weighted by molar-refractivity contribution is 7.18. The summed E-state index contributed by atoms with van der Waals surface area (Å²) in [5, 5.41) is 5.07. The van der Waals surface area contributed by atoms with Crippen molar-refractivity contribution in [1.29, 1.82) is 0 Å². The van der Waals surface area contributed by atoms with Crippen molar-refractivity contribution < 1.29 is 13.6 Å². The maximum Gasteiger partial charge on any atom is 0.256 e. The summed E-state index contributed by atoms with van der Waals surface area (Å²) in [6.07, 6.45) is 3.49. The molecule has 3 aromatic rings. The third-order valence-electron chi connectivity index (χ3n) is 5.12. The summed E-state index contributed by atoms with van der Waals surface area (Å²) in [6, 6.07) is 1.58. The van der Waals surface area contributed by atoms with Crippen LogP contribution in [0.15, 0.2) is 16.8 Å². The van der Waals surface area contributed by atoms with Gasteiger partial charge in [-0.2, -0.15) is 0 Å². The lowest BCUT2D eigenvalue weighted by molar-refractivity contribution is 0.0949. The van der Waals surface area contributed by atoms with Gasteiger partial charge in [-0.15, -0.1) is 0 Å². The number of anilines is 1. The molecule has 0 aromatic carbocycles. The lowest BCUT2D eigenvalue weighted by Gasteiger charge is -2.15. The Balaban J connectivity index is 1.61. The third-order valence-corrected chi connectivity index (χ3v) is 5.42. The van der Waals surface area contributed by atoms with Crippen LogP contribution < -0.4 is 10.6 Å². The number of carbonyl (C=O) groups excluding carboxylic acids is 1. The molecule has 1 fully saturated rings. The van der Waals surface area contributed by atoms with Crippen LogP contribution in [-0.2, 0) is 12.0 Å². The van der Waals surface area contributed by atoms with E-state index in [1.165, 1.54) is 13.3 Å². The number of halogens is 1. The van der Waals surface area contributed by atoms with Crippen LogP contribution in [0.5, 0.6) is 0 Å². The minimum atomic E-state index is -1.68. The predicted octanol–water partition coefficient (Wildman–Crippen LogP) is 3.54. The standard InChI is InChI=1S/C20H24FN6O2P/c1-10-7-12(20(4,21)30)26-13(25-10)8-22-17(28)14-11(2)29-18-15(14)16(23-9-24-18)27-19(3)5-6-19/h7,9H,5-6,8,30H2,1-4H3,(H,22,28)(H,23,24,27). The molecule has 2 N–H and O–H groups in total. The molecule has 0 bridgehead atoms. The van der Waals surface area contributed by atoms with E-state index in [0.717, 1.165) is 12.8 Å². The van der Waals surface area contributed by atoms with Crippen molar-refractivity contribution >= 4 is 32.1 Å². The fraction of sp³-hybridized carbons (Fsp3) is 0.450. The van der Waals surface area contributed by atoms with Gasteiger partial charge in [-0.3, -0.25) is 4.79 Å². The maximum absolute atomic E-state index is 14.3. The normalized spacial score (nSPS) is 16.9. The van der Waals surface area contributed by atoms with Crippen LogP contribution >= 0.6 is 9.24 Å². The third kappa shape index (κ3) is 4.12. The number of fused-ring (bicyclic) bond motifs is 1. The predicted molar refractivity (Wildman–Crippen MR) is 114 cm³/mol. The van der Waals surface area contributed by atoms with E-state index in [1.807, 2.05) is 0 Å². The van der Waals surface area contributed by atoms with E-state index in [9.17, 15) is 9.18 Å². The highest BCUT2D eigenvalue weighted by Gasteiger charge is 2.38. The van der Waals surface area contributed by atoms with Gasteiger partial charge in [0.2, 0.25) is 5.71 Å². The molecule has 2 unspecified atom stereocenters. The zero-order valence-corrected chi connectivity index (χ0v) is 18.5. The molecule has 4 rings (SSSR count). The SMILES string of the molecule is Cc1cc(C(C)(F)P)nc(CNC(=O)c2c(C)oc3ncnc(NC4(C)CC4)c23)n1. The van der Waals surface area contributed by atoms with Gasteiger partial charge in [0.25, 0.3) is 5.91 Å². The van der Waals surface area contributed by atoms with E-state index in [0.29, 0.717) is 39.8 Å². The Bertz CT molecular complexity index is 1140. The second-order valence-corrected chi connectivity index (χ2v) is 9.27. The highest BCUT2D eigenvalue weighted by Crippen LogP contribution is 2.40. The van der Waals surface area contributed by atoms with Crippen LogP contribution in [0.2, 0.25) is 0 Å². The number of aryl methyl sites for hydroxylation is 2. The monoisotopic (exact) mass is 430 g/mol. The minimum Gasteiger partial charge on any atom is -0.442 e. The van der Waals surface area contributed by atoms with Crippen LogP contribution in [0.1, 0.15) is 60.0 Å². The first-order chi connectivity index (χ1) is 14.1. The first-order valence-corrected chi connectivity index (χ1v) is 10.3. The fourth-order valence-electron chi connectivity index (χ4n) is 3.22. The molecule has 158 valence electrons. The van der Waals surface area contributed by atoms with Crippen LogP contribution in [0.3, 0.4) is 0 Å². The molecule has 0 spiro atoms. The molecule has 30 heavy (non-hydrogen) atoms. The molecule has 10 heteroatoms. The summed E-state index contributed by atoms with van der Waals surface area (Å²) in [4.78, 5) is 30.0. The fourth-order valence-corrected chi connectivity index (χ4v) is 3.37. The van der Waals surface area contributed by atoms with Crippen LogP contribution in [-0.4, -0.2) is 31.4 Å². The summed E-state index contributed by atoms with van der Waals surface area (Å²) in [7, 11) is 2.12. The first kappa shape index (κ1) is 20.6. The summed E-state index contributed by atoms with van der Waals surface area (Å²) >= 11 is 0. The molecule has 1 saturated carbocycles. The van der Waals surface area contributed by atoms with Crippen molar-refractivity contribution in [3.8, 4) is 0 Å². The van der Waals surface area contributed by atoms with Gasteiger partial charge in [0.15, 0.2) is 5.41 Å². The number of hydrogen-bond acceptors (Lipinski definition) is 7. The van der Waals surface area contributed by atoms with Crippen molar-refractivity contribution in [2.45, 2.75) is 58.0 Å². The van der Waals surface area contributed by atoms with Gasteiger partial charge in [-0.1, -0.05) is 9.24 Å². The lowest BCUT2D eigenvalue weighted by atomic mass is 10.1. The molecule has 2 atom stereocenters. The number of hydrogen-bond donors (Lipinski definition) is 2. The minimum absolute atomic E-state index is 0.0246. The van der Waals surface area contributed by atoms with Gasteiger partial charge >= 0.3 is 0 Å². The van der Waals surface area contributed by atoms with Gasteiger partial charge in [-0.05, 0) is 46.6 Å². The lowest BCUT2D eigenvalue weighted by Crippen LogP contribution is -2.26. The average Bonchev–Trinajstić information content (AvgIpc) is 3.27. The number of nitrogens with zero attached hydrogens (tertiary/aromatic N) is 4. The molecular weight excluding hydrogens is 406 g/mol. The number of furan rings is 1. The zero-order valence-electron chi connectivity index (χ0n) is 17.3. The maximum atomic E-state index is 14.3. The number of nitrogens with one attached hydrogen (secondary N) is 2. The van der Waals surface area contributed by atoms with Gasteiger partial charge < -0.3 is 15.1 Å². The number of alkyl halides is 1. The Kier molecular flexibility index (Phi) is 4.97. The van der Waals surface area contributed by atoms with Gasteiger partial charge in [0.05, 0.1) is 23.2 Å². The summed E-state index contributed by atoms with van der Waals surface area (Å²) < 4.78 is 20.0. The number of aromatic nitrogens is 4. The smallest absolute Gasteiger partial charge is 0.256 e. The molecule has 0 saturated heterocycles. The number of rotatable bonds is 6. The van der Waals surface area contributed by atoms with E-state index in [-0.39, 0.29) is 23.7 Å². The molecule has 3 heterocycles. The number of amides is 1. The van der Waals surface area contributed by atoms with E-state index >= 15 is 0 Å². The van der Waals surface area contributed by atoms with Crippen LogP contribution in [0.25, 0.3) is 11.1 Å². The summed E-state index contributed by atoms with van der Waals surface area (Å²) in [5.74, 6) is 0.993. The van der Waals surface area contributed by atoms with Crippen LogP contribution in [0, 0.1) is 13.8 Å². The van der Waals surface area contributed by atoms with Crippen molar-refractivity contribution in [3.05, 3.63) is 40.9 Å². The van der Waals surface area contributed by atoms with Gasteiger partial charge in [0, 0.05) is 11.2 Å². The van der Waals surface area contributed by atoms with Gasteiger partial charge in [0.1, 0.15) is 23.7 Å². The molecule has 8 nitrogen and oxygen atoms in total. The van der Waals surface area contributed by atoms with Crippen molar-refractivity contribution in [2.75, 3.05) is 5.32 Å². The summed E-state index contributed by atoms with van der Waals surface area (Å²) in [6.45, 7) is 7.02. The summed E-state index contributed by atoms with van der Waals surface area (Å²) in [5.41, 5.74) is 1.56. The second kappa shape index (κ2) is 7.23. The van der Waals surface area contributed by atoms with E-state index < -0.39 is 5.41 Å². The van der Waals surface area contributed by atoms with E-state index in [1.54, 1.807) is 19.9 Å². The zero-order chi connectivity index (χ0) is 21.7. The van der Waals surface area contributed by atoms with E-state index in [2.05, 4.69) is 46.7 Å². The largest absolute Gasteiger partial charge is 0.442 e. The topological polar surface area (TPSA) is 106 Å². The molecule has 1 aliphatic carbocycles. The Morgan fingerprint density at radius 3 is 2.73 bits per heavy atom. The molecular formula is C20H24FN6O2P. The molecule has 0 radical (unpaired) electrons. The van der Waals surface area contributed by atoms with Crippen molar-refractivity contribution in [1.82, 2.24) is 25.3 Å². The molecule has 3 aromatic heterocycles. The van der Waals surface area contributed by atoms with Crippen molar-refractivity contribution in [3.63, 3.8) is 0 Å². The molecule has 1 amide bonds. The second-order valence-electron chi connectivity index (χ2n) is 8.19. The van der Waals surface area contributed by atoms with Crippen molar-refractivity contribution in [2.24, 2.45) is 0 Å². The number of carbonyl (C=O) groups is 1. The quantitative estimate of drug-likeness (QED) is 0.576. The molecule has 1 aliphatic rings. The van der Waals surface area contributed by atoms with Crippen LogP contribution in [0.4, 0.5) is 10.2 Å². The first-order valence-electron chi connectivity index (χ1n) is 9.69. The van der Waals surface area contributed by atoms with E-state index in [4.69, 9.17) is 4.42 Å². The Morgan fingerprint density at radius 2 is 2.07 bits per heavy atom. The average molecular weight is 430 g/mol. The Hall–Kier alpha value is -2.67.